The number of carboxylic acids is 2. The predicted molar refractivity (Wildman–Crippen MR) is 74.7 cm³/mol. The molecular formula is C14H26O4. The van der Waals surface area contributed by atoms with Crippen LogP contribution in [0.2, 0.25) is 0 Å². The van der Waals surface area contributed by atoms with Crippen molar-refractivity contribution in [3.63, 3.8) is 0 Å². The van der Waals surface area contributed by atoms with E-state index >= 15 is 0 Å². The van der Waals surface area contributed by atoms with Crippen LogP contribution in [0.25, 0.3) is 0 Å². The summed E-state index contributed by atoms with van der Waals surface area (Å²) in [5.74, 6) is -1.96. The molecule has 0 amide bonds. The summed E-state index contributed by atoms with van der Waals surface area (Å²) in [6.45, 7) is 10.4. The molecule has 4 nitrogen and oxygen atoms in total. The highest BCUT2D eigenvalue weighted by molar-refractivity contribution is 5.79. The first-order valence-electron chi connectivity index (χ1n) is 6.16. The standard InChI is InChI=1S/C8H18.2C3H4O2/c1-3-5-7-8-6-4-2;2*1-2-3(4)5/h3-8H2,1-2H3;2*2H,1H2,(H,4,5). The van der Waals surface area contributed by atoms with Crippen LogP contribution in [0.1, 0.15) is 52.4 Å². The molecule has 0 aromatic heterocycles. The Balaban J connectivity index is -0.000000197. The fraction of sp³-hybridized carbons (Fsp3) is 0.571. The lowest BCUT2D eigenvalue weighted by Gasteiger charge is -1.93. The Kier molecular flexibility index (Phi) is 25.0. The van der Waals surface area contributed by atoms with Gasteiger partial charge in [0.05, 0.1) is 0 Å². The van der Waals surface area contributed by atoms with Crippen molar-refractivity contribution in [3.8, 4) is 0 Å². The molecule has 0 atom stereocenters. The minimum atomic E-state index is -0.981. The van der Waals surface area contributed by atoms with Crippen LogP contribution < -0.4 is 0 Å². The van der Waals surface area contributed by atoms with Gasteiger partial charge in [0.15, 0.2) is 0 Å². The normalized spacial score (nSPS) is 7.89. The molecule has 106 valence electrons. The summed E-state index contributed by atoms with van der Waals surface area (Å²) in [7, 11) is 0. The molecule has 0 aromatic rings. The fourth-order valence-corrected chi connectivity index (χ4v) is 0.854. The molecule has 0 heterocycles. The third kappa shape index (κ3) is 47.2. The zero-order valence-corrected chi connectivity index (χ0v) is 11.5. The summed E-state index contributed by atoms with van der Waals surface area (Å²) in [5.41, 5.74) is 0. The SMILES string of the molecule is C=CC(=O)O.C=CC(=O)O.CCCCCCCC. The van der Waals surface area contributed by atoms with E-state index in [-0.39, 0.29) is 0 Å². The molecule has 0 fully saturated rings. The molecule has 0 aliphatic carbocycles. The predicted octanol–water partition coefficient (Wildman–Crippen LogP) is 3.88. The Hall–Kier alpha value is -1.58. The van der Waals surface area contributed by atoms with Gasteiger partial charge in [-0.15, -0.1) is 0 Å². The summed E-state index contributed by atoms with van der Waals surface area (Å²) in [6.07, 6.45) is 10.2. The smallest absolute Gasteiger partial charge is 0.327 e. The van der Waals surface area contributed by atoms with E-state index < -0.39 is 11.9 Å². The molecule has 0 spiro atoms. The Morgan fingerprint density at radius 2 is 1.06 bits per heavy atom. The van der Waals surface area contributed by atoms with Crippen LogP contribution >= 0.6 is 0 Å². The van der Waals surface area contributed by atoms with Gasteiger partial charge in [-0.1, -0.05) is 65.5 Å². The summed E-state index contributed by atoms with van der Waals surface area (Å²) in [6, 6.07) is 0. The number of hydrogen-bond acceptors (Lipinski definition) is 2. The van der Waals surface area contributed by atoms with Gasteiger partial charge in [0.25, 0.3) is 0 Å². The van der Waals surface area contributed by atoms with E-state index in [1.54, 1.807) is 0 Å². The van der Waals surface area contributed by atoms with Crippen LogP contribution in [0.5, 0.6) is 0 Å². The average Bonchev–Trinajstić information content (AvgIpc) is 2.36. The molecule has 0 aliphatic heterocycles. The van der Waals surface area contributed by atoms with Crippen molar-refractivity contribution in [2.75, 3.05) is 0 Å². The van der Waals surface area contributed by atoms with Crippen molar-refractivity contribution in [2.24, 2.45) is 0 Å². The first-order chi connectivity index (χ1) is 8.45. The molecule has 0 saturated carbocycles. The maximum absolute atomic E-state index is 9.25. The van der Waals surface area contributed by atoms with Gasteiger partial charge in [0.2, 0.25) is 0 Å². The second kappa shape index (κ2) is 20.8. The molecule has 2 N–H and O–H groups in total. The Morgan fingerprint density at radius 3 is 1.17 bits per heavy atom. The van der Waals surface area contributed by atoms with E-state index in [1.165, 1.54) is 38.5 Å². The molecule has 0 bridgehead atoms. The van der Waals surface area contributed by atoms with Crippen molar-refractivity contribution < 1.29 is 19.8 Å². The molecule has 0 radical (unpaired) electrons. The maximum atomic E-state index is 9.25. The topological polar surface area (TPSA) is 74.6 Å². The van der Waals surface area contributed by atoms with Gasteiger partial charge in [-0.2, -0.15) is 0 Å². The zero-order chi connectivity index (χ0) is 14.8. The lowest BCUT2D eigenvalue weighted by atomic mass is 10.1. The minimum absolute atomic E-state index is 0.833. The van der Waals surface area contributed by atoms with Crippen LogP contribution in [-0.4, -0.2) is 22.2 Å². The first kappa shape index (κ1) is 21.7. The highest BCUT2D eigenvalue weighted by Gasteiger charge is 1.83. The minimum Gasteiger partial charge on any atom is -0.478 e. The number of aliphatic carboxylic acids is 2. The Morgan fingerprint density at radius 1 is 0.833 bits per heavy atom. The summed E-state index contributed by atoms with van der Waals surface area (Å²) in [4.78, 5) is 18.5. The van der Waals surface area contributed by atoms with E-state index in [0.717, 1.165) is 12.2 Å². The highest BCUT2D eigenvalue weighted by atomic mass is 16.4. The fourth-order valence-electron chi connectivity index (χ4n) is 0.854. The van der Waals surface area contributed by atoms with Crippen molar-refractivity contribution in [2.45, 2.75) is 52.4 Å². The number of hydrogen-bond donors (Lipinski definition) is 2. The Labute approximate surface area is 110 Å². The lowest BCUT2D eigenvalue weighted by molar-refractivity contribution is -0.132. The molecule has 0 rings (SSSR count). The number of carboxylic acid groups (broad SMARTS) is 2. The van der Waals surface area contributed by atoms with Crippen LogP contribution in [0.3, 0.4) is 0 Å². The van der Waals surface area contributed by atoms with Crippen molar-refractivity contribution in [1.29, 1.82) is 0 Å². The van der Waals surface area contributed by atoms with Gasteiger partial charge in [0.1, 0.15) is 0 Å². The first-order valence-corrected chi connectivity index (χ1v) is 6.16. The zero-order valence-electron chi connectivity index (χ0n) is 11.5. The summed E-state index contributed by atoms with van der Waals surface area (Å²) in [5, 5.41) is 15.2. The number of carbonyl (C=O) groups is 2. The van der Waals surface area contributed by atoms with Crippen LogP contribution in [0, 0.1) is 0 Å². The lowest BCUT2D eigenvalue weighted by Crippen LogP contribution is -1.82. The maximum Gasteiger partial charge on any atom is 0.327 e. The molecule has 0 aromatic carbocycles. The number of rotatable bonds is 7. The second-order valence-electron chi connectivity index (χ2n) is 3.50. The largest absolute Gasteiger partial charge is 0.478 e. The quantitative estimate of drug-likeness (QED) is 0.536. The monoisotopic (exact) mass is 258 g/mol. The van der Waals surface area contributed by atoms with Crippen LogP contribution in [0.15, 0.2) is 25.3 Å². The van der Waals surface area contributed by atoms with Crippen molar-refractivity contribution in [3.05, 3.63) is 25.3 Å². The van der Waals surface area contributed by atoms with E-state index in [2.05, 4.69) is 27.0 Å². The Bertz CT molecular complexity index is 198. The summed E-state index contributed by atoms with van der Waals surface area (Å²) >= 11 is 0. The van der Waals surface area contributed by atoms with Gasteiger partial charge in [-0.05, 0) is 0 Å². The van der Waals surface area contributed by atoms with E-state index in [1.807, 2.05) is 0 Å². The van der Waals surface area contributed by atoms with Gasteiger partial charge in [-0.3, -0.25) is 0 Å². The second-order valence-corrected chi connectivity index (χ2v) is 3.50. The number of unbranched alkanes of at least 4 members (excludes halogenated alkanes) is 5. The summed E-state index contributed by atoms with van der Waals surface area (Å²) < 4.78 is 0. The van der Waals surface area contributed by atoms with E-state index in [4.69, 9.17) is 10.2 Å². The average molecular weight is 258 g/mol. The molecule has 0 aliphatic rings. The van der Waals surface area contributed by atoms with Crippen molar-refractivity contribution in [1.82, 2.24) is 0 Å². The molecule has 0 saturated heterocycles. The molecule has 18 heavy (non-hydrogen) atoms. The third-order valence-corrected chi connectivity index (χ3v) is 1.81. The van der Waals surface area contributed by atoms with Gasteiger partial charge in [0, 0.05) is 12.2 Å². The van der Waals surface area contributed by atoms with Gasteiger partial charge >= 0.3 is 11.9 Å². The van der Waals surface area contributed by atoms with E-state index in [9.17, 15) is 9.59 Å². The molecule has 4 heteroatoms. The van der Waals surface area contributed by atoms with Crippen LogP contribution in [-0.2, 0) is 9.59 Å². The highest BCUT2D eigenvalue weighted by Crippen LogP contribution is 2.03. The van der Waals surface area contributed by atoms with Gasteiger partial charge in [-0.25, -0.2) is 9.59 Å². The van der Waals surface area contributed by atoms with Gasteiger partial charge < -0.3 is 10.2 Å². The molecule has 0 unspecified atom stereocenters. The van der Waals surface area contributed by atoms with Crippen molar-refractivity contribution >= 4 is 11.9 Å². The third-order valence-electron chi connectivity index (χ3n) is 1.81. The molecular weight excluding hydrogens is 232 g/mol. The van der Waals surface area contributed by atoms with Crippen LogP contribution in [0.4, 0.5) is 0 Å². The van der Waals surface area contributed by atoms with E-state index in [0.29, 0.717) is 0 Å².